The first-order chi connectivity index (χ1) is 18.7. The van der Waals surface area contributed by atoms with Gasteiger partial charge < -0.3 is 56.2 Å². The van der Waals surface area contributed by atoms with Gasteiger partial charge in [-0.3, -0.25) is 0 Å². The van der Waals surface area contributed by atoms with Crippen molar-refractivity contribution in [3.63, 3.8) is 0 Å². The van der Waals surface area contributed by atoms with Crippen molar-refractivity contribution in [2.24, 2.45) is 0 Å². The van der Waals surface area contributed by atoms with Crippen LogP contribution in [0, 0.1) is 0 Å². The van der Waals surface area contributed by atoms with Gasteiger partial charge >= 0.3 is 18.6 Å². The number of imidazole rings is 2. The van der Waals surface area contributed by atoms with Gasteiger partial charge in [0.25, 0.3) is 0 Å². The normalized spacial score (nSPS) is 10.8. The Balaban J connectivity index is 0.00000220. The number of rotatable bonds is 12. The van der Waals surface area contributed by atoms with Gasteiger partial charge in [0.05, 0.1) is 22.1 Å². The van der Waals surface area contributed by atoms with Gasteiger partial charge in [0.15, 0.2) is 11.6 Å². The fraction of sp³-hybridized carbons (Fsp3) is 0.387. The molecule has 0 aliphatic heterocycles. The maximum absolute atomic E-state index is 5.17. The van der Waals surface area contributed by atoms with Crippen molar-refractivity contribution < 1.29 is 55.8 Å². The Morgan fingerprint density at radius 2 is 0.905 bits per heavy atom. The van der Waals surface area contributed by atoms with Crippen LogP contribution < -0.4 is 37.2 Å². The van der Waals surface area contributed by atoms with Gasteiger partial charge in [-0.25, -0.2) is 15.0 Å². The SMILES string of the molecule is CCN(CC)CCn1c(-c2cccc(-c3nc4ccccc4n3CCN(CC)CC)n2)nc2ccccc21.[Cl-].[Cl-].[Cl-].[V+3]. The second-order valence-electron chi connectivity index (χ2n) is 9.61. The van der Waals surface area contributed by atoms with E-state index in [1.54, 1.807) is 0 Å². The molecular weight excluding hydrogens is 628 g/mol. The molecule has 2 aromatic carbocycles. The summed E-state index contributed by atoms with van der Waals surface area (Å²) in [6.45, 7) is 16.7. The fourth-order valence-corrected chi connectivity index (χ4v) is 5.24. The molecular formula is C31H39Cl3N7V. The van der Waals surface area contributed by atoms with E-state index in [0.29, 0.717) is 0 Å². The summed E-state index contributed by atoms with van der Waals surface area (Å²) in [7, 11) is 0. The Bertz CT molecular complexity index is 1400. The van der Waals surface area contributed by atoms with Gasteiger partial charge in [0.1, 0.15) is 11.4 Å². The minimum absolute atomic E-state index is 0. The fourth-order valence-electron chi connectivity index (χ4n) is 5.24. The van der Waals surface area contributed by atoms with E-state index in [1.807, 2.05) is 0 Å². The number of nitrogens with zero attached hydrogens (tertiary/aromatic N) is 7. The van der Waals surface area contributed by atoms with Gasteiger partial charge in [0.2, 0.25) is 0 Å². The average molecular weight is 667 g/mol. The molecule has 224 valence electrons. The second kappa shape index (κ2) is 17.9. The molecule has 0 atom stereocenters. The maximum Gasteiger partial charge on any atom is 3.00 e. The standard InChI is InChI=1S/C31H39N7.3ClH.V/c1-5-35(6-2)20-22-37-28-18-11-9-14-24(28)33-30(37)26-16-13-17-27(32-26)31-34-25-15-10-12-19-29(25)38(31)23-21-36(7-3)8-4;;;;/h9-19H,5-8,20-23H2,1-4H3;3*1H;/q;;;;+3/p-3. The summed E-state index contributed by atoms with van der Waals surface area (Å²) in [6, 6.07) is 23.0. The molecule has 42 heavy (non-hydrogen) atoms. The Kier molecular flexibility index (Phi) is 16.2. The molecule has 0 saturated carbocycles. The number of aromatic nitrogens is 5. The predicted molar refractivity (Wildman–Crippen MR) is 157 cm³/mol. The third-order valence-electron chi connectivity index (χ3n) is 7.58. The van der Waals surface area contributed by atoms with Gasteiger partial charge in [-0.1, -0.05) is 58.0 Å². The Labute approximate surface area is 280 Å². The Hall–Kier alpha value is -2.10. The van der Waals surface area contributed by atoms with Gasteiger partial charge in [-0.15, -0.1) is 0 Å². The number of likely N-dealkylation sites (N-methyl/N-ethyl adjacent to an activating group) is 2. The van der Waals surface area contributed by atoms with Crippen LogP contribution in [0.4, 0.5) is 0 Å². The topological polar surface area (TPSA) is 55.0 Å². The number of halogens is 3. The van der Waals surface area contributed by atoms with E-state index in [2.05, 4.69) is 113 Å². The van der Waals surface area contributed by atoms with Crippen molar-refractivity contribution in [1.29, 1.82) is 0 Å². The molecule has 11 heteroatoms. The number of benzene rings is 2. The minimum atomic E-state index is 0. The van der Waals surface area contributed by atoms with Crippen LogP contribution in [0.1, 0.15) is 27.7 Å². The zero-order chi connectivity index (χ0) is 26.5. The van der Waals surface area contributed by atoms with Crippen LogP contribution in [0.3, 0.4) is 0 Å². The summed E-state index contributed by atoms with van der Waals surface area (Å²) in [5.74, 6) is 1.82. The van der Waals surface area contributed by atoms with Crippen LogP contribution in [0.2, 0.25) is 0 Å². The van der Waals surface area contributed by atoms with E-state index in [0.717, 1.165) is 97.5 Å². The molecule has 0 spiro atoms. The summed E-state index contributed by atoms with van der Waals surface area (Å²) in [5, 5.41) is 0. The van der Waals surface area contributed by atoms with Crippen molar-refractivity contribution in [1.82, 2.24) is 33.9 Å². The van der Waals surface area contributed by atoms with Crippen LogP contribution in [0.15, 0.2) is 66.7 Å². The van der Waals surface area contributed by atoms with E-state index in [4.69, 9.17) is 15.0 Å². The van der Waals surface area contributed by atoms with Crippen LogP contribution in [-0.2, 0) is 31.6 Å². The first kappa shape index (κ1) is 37.9. The number of hydrogen-bond donors (Lipinski definition) is 0. The molecule has 0 saturated heterocycles. The molecule has 0 amide bonds. The molecule has 0 fully saturated rings. The van der Waals surface area contributed by atoms with Gasteiger partial charge in [0, 0.05) is 26.2 Å². The first-order valence-corrected chi connectivity index (χ1v) is 14.0. The molecule has 0 aliphatic carbocycles. The van der Waals surface area contributed by atoms with E-state index in [1.165, 1.54) is 0 Å². The number of hydrogen-bond acceptors (Lipinski definition) is 5. The summed E-state index contributed by atoms with van der Waals surface area (Å²) in [6.07, 6.45) is 0. The van der Waals surface area contributed by atoms with Crippen molar-refractivity contribution in [2.75, 3.05) is 39.3 Å². The summed E-state index contributed by atoms with van der Waals surface area (Å²) in [5.41, 5.74) is 6.05. The van der Waals surface area contributed by atoms with Crippen LogP contribution >= 0.6 is 0 Å². The predicted octanol–water partition coefficient (Wildman–Crippen LogP) is -3.19. The average Bonchev–Trinajstić information content (AvgIpc) is 3.53. The van der Waals surface area contributed by atoms with E-state index in [9.17, 15) is 0 Å². The first-order valence-electron chi connectivity index (χ1n) is 14.0. The Morgan fingerprint density at radius 3 is 1.29 bits per heavy atom. The number of fused-ring (bicyclic) bond motifs is 2. The molecule has 7 nitrogen and oxygen atoms in total. The van der Waals surface area contributed by atoms with E-state index in [-0.39, 0.29) is 55.8 Å². The summed E-state index contributed by atoms with van der Waals surface area (Å²) >= 11 is 0. The minimum Gasteiger partial charge on any atom is -1.00 e. The number of para-hydroxylation sites is 4. The van der Waals surface area contributed by atoms with Crippen LogP contribution in [-0.4, -0.2) is 73.2 Å². The largest absolute Gasteiger partial charge is 3.00 e. The molecule has 0 bridgehead atoms. The molecule has 0 N–H and O–H groups in total. The van der Waals surface area contributed by atoms with Crippen LogP contribution in [0.5, 0.6) is 0 Å². The number of pyridine rings is 1. The third kappa shape index (κ3) is 8.09. The second-order valence-corrected chi connectivity index (χ2v) is 9.61. The zero-order valence-electron chi connectivity index (χ0n) is 24.7. The quantitative estimate of drug-likeness (QED) is 0.141. The molecule has 3 heterocycles. The van der Waals surface area contributed by atoms with E-state index >= 15 is 0 Å². The summed E-state index contributed by atoms with van der Waals surface area (Å²) < 4.78 is 4.65. The maximum atomic E-state index is 5.17. The molecule has 0 unspecified atom stereocenters. The van der Waals surface area contributed by atoms with Crippen molar-refractivity contribution in [3.8, 4) is 23.0 Å². The monoisotopic (exact) mass is 665 g/mol. The van der Waals surface area contributed by atoms with Crippen LogP contribution in [0.25, 0.3) is 45.1 Å². The van der Waals surface area contributed by atoms with Crippen molar-refractivity contribution in [3.05, 3.63) is 66.7 Å². The molecule has 0 aliphatic rings. The van der Waals surface area contributed by atoms with Crippen molar-refractivity contribution >= 4 is 22.1 Å². The van der Waals surface area contributed by atoms with Crippen molar-refractivity contribution in [2.45, 2.75) is 40.8 Å². The molecule has 3 aromatic heterocycles. The van der Waals surface area contributed by atoms with E-state index < -0.39 is 0 Å². The summed E-state index contributed by atoms with van der Waals surface area (Å²) in [4.78, 5) is 20.1. The van der Waals surface area contributed by atoms with Gasteiger partial charge in [-0.05, 0) is 62.6 Å². The smallest absolute Gasteiger partial charge is 1.00 e. The zero-order valence-corrected chi connectivity index (χ0v) is 28.4. The van der Waals surface area contributed by atoms with Gasteiger partial charge in [-0.2, -0.15) is 0 Å². The third-order valence-corrected chi connectivity index (χ3v) is 7.58. The Morgan fingerprint density at radius 1 is 0.524 bits per heavy atom. The molecule has 0 radical (unpaired) electrons. The molecule has 5 rings (SSSR count). The molecule has 5 aromatic rings.